The molecule has 9 heteroatoms. The molecule has 0 aliphatic carbocycles. The molecule has 1 amide bonds. The van der Waals surface area contributed by atoms with Crippen LogP contribution in [0.15, 0.2) is 48.9 Å². The number of nitrogens with one attached hydrogen (secondary N) is 2. The molecule has 0 fully saturated rings. The van der Waals surface area contributed by atoms with Crippen LogP contribution in [0.5, 0.6) is 0 Å². The van der Waals surface area contributed by atoms with Crippen molar-refractivity contribution in [3.63, 3.8) is 0 Å². The van der Waals surface area contributed by atoms with E-state index in [0.717, 1.165) is 16.5 Å². The number of carbonyl (C=O) groups excluding carboxylic acids is 1. The lowest BCUT2D eigenvalue weighted by Crippen LogP contribution is -2.23. The molecule has 0 unspecified atom stereocenters. The van der Waals surface area contributed by atoms with Gasteiger partial charge in [0, 0.05) is 11.6 Å². The van der Waals surface area contributed by atoms with E-state index in [4.69, 9.17) is 0 Å². The number of H-pyrrole nitrogens is 1. The highest BCUT2D eigenvalue weighted by molar-refractivity contribution is 6.04. The molecule has 0 aliphatic heterocycles. The maximum atomic E-state index is 12.3. The van der Waals surface area contributed by atoms with E-state index in [-0.39, 0.29) is 12.5 Å². The maximum Gasteiger partial charge on any atom is 0.272 e. The van der Waals surface area contributed by atoms with Crippen LogP contribution in [-0.2, 0) is 13.1 Å². The Bertz CT molecular complexity index is 1010. The first-order valence-corrected chi connectivity index (χ1v) is 7.65. The first-order chi connectivity index (χ1) is 12.3. The molecule has 4 aromatic rings. The molecule has 0 bridgehead atoms. The van der Waals surface area contributed by atoms with Gasteiger partial charge in [-0.05, 0) is 17.7 Å². The standard InChI is InChI=1S/C16H14N8O/c25-16(15-13-3-1-2-4-14(13)21-22-15)17-8-12-10-24(23-20-12)9-11-5-6-18-19-7-11/h1-7,10H,8-9H2,(H,17,25)(H,21,22). The molecule has 0 spiro atoms. The zero-order valence-corrected chi connectivity index (χ0v) is 13.1. The second-order valence-electron chi connectivity index (χ2n) is 5.46. The van der Waals surface area contributed by atoms with Gasteiger partial charge < -0.3 is 5.32 Å². The average Bonchev–Trinajstić information content (AvgIpc) is 3.27. The Morgan fingerprint density at radius 3 is 3.00 bits per heavy atom. The first-order valence-electron chi connectivity index (χ1n) is 7.65. The minimum atomic E-state index is -0.259. The van der Waals surface area contributed by atoms with Gasteiger partial charge in [0.2, 0.25) is 0 Å². The second kappa shape index (κ2) is 6.48. The molecule has 0 saturated carbocycles. The summed E-state index contributed by atoms with van der Waals surface area (Å²) in [5.41, 5.74) is 2.82. The summed E-state index contributed by atoms with van der Waals surface area (Å²) < 4.78 is 1.68. The predicted molar refractivity (Wildman–Crippen MR) is 88.4 cm³/mol. The van der Waals surface area contributed by atoms with Crippen molar-refractivity contribution < 1.29 is 4.79 Å². The van der Waals surface area contributed by atoms with E-state index < -0.39 is 0 Å². The molecule has 124 valence electrons. The van der Waals surface area contributed by atoms with Crippen molar-refractivity contribution in [2.24, 2.45) is 0 Å². The van der Waals surface area contributed by atoms with E-state index >= 15 is 0 Å². The van der Waals surface area contributed by atoms with Gasteiger partial charge in [-0.25, -0.2) is 4.68 Å². The quantitative estimate of drug-likeness (QED) is 0.561. The van der Waals surface area contributed by atoms with Crippen LogP contribution in [0.3, 0.4) is 0 Å². The Balaban J connectivity index is 1.41. The molecule has 2 N–H and O–H groups in total. The Morgan fingerprint density at radius 1 is 1.20 bits per heavy atom. The lowest BCUT2D eigenvalue weighted by atomic mass is 10.2. The molecule has 9 nitrogen and oxygen atoms in total. The van der Waals surface area contributed by atoms with Crippen LogP contribution in [-0.4, -0.2) is 41.3 Å². The van der Waals surface area contributed by atoms with Crippen LogP contribution in [0.25, 0.3) is 10.9 Å². The van der Waals surface area contributed by atoms with E-state index in [2.05, 4.69) is 36.0 Å². The van der Waals surface area contributed by atoms with Crippen molar-refractivity contribution in [2.75, 3.05) is 0 Å². The Kier molecular flexibility index (Phi) is 3.87. The Hall–Kier alpha value is -3.62. The number of para-hydroxylation sites is 1. The fourth-order valence-corrected chi connectivity index (χ4v) is 2.49. The van der Waals surface area contributed by atoms with Crippen LogP contribution in [0.2, 0.25) is 0 Å². The molecule has 4 rings (SSSR count). The topological polar surface area (TPSA) is 114 Å². The number of nitrogens with zero attached hydrogens (tertiary/aromatic N) is 6. The lowest BCUT2D eigenvalue weighted by Gasteiger charge is -2.00. The van der Waals surface area contributed by atoms with Crippen molar-refractivity contribution >= 4 is 16.8 Å². The number of amides is 1. The fourth-order valence-electron chi connectivity index (χ4n) is 2.49. The third-order valence-corrected chi connectivity index (χ3v) is 3.69. The average molecular weight is 334 g/mol. The van der Waals surface area contributed by atoms with Crippen molar-refractivity contribution in [1.82, 2.24) is 40.7 Å². The molecule has 3 heterocycles. The molecule has 0 aliphatic rings. The van der Waals surface area contributed by atoms with E-state index in [1.54, 1.807) is 23.3 Å². The summed E-state index contributed by atoms with van der Waals surface area (Å²) >= 11 is 0. The van der Waals surface area contributed by atoms with Crippen LogP contribution >= 0.6 is 0 Å². The van der Waals surface area contributed by atoms with Gasteiger partial charge in [0.25, 0.3) is 5.91 Å². The smallest absolute Gasteiger partial charge is 0.272 e. The third kappa shape index (κ3) is 3.20. The summed E-state index contributed by atoms with van der Waals surface area (Å²) in [6.45, 7) is 0.815. The van der Waals surface area contributed by atoms with Gasteiger partial charge >= 0.3 is 0 Å². The van der Waals surface area contributed by atoms with Crippen LogP contribution in [0, 0.1) is 0 Å². The van der Waals surface area contributed by atoms with Gasteiger partial charge in [0.15, 0.2) is 5.69 Å². The molecule has 0 saturated heterocycles. The summed E-state index contributed by atoms with van der Waals surface area (Å²) in [5.74, 6) is -0.259. The summed E-state index contributed by atoms with van der Waals surface area (Å²) in [5, 5.41) is 26.2. The van der Waals surface area contributed by atoms with Gasteiger partial charge in [-0.3, -0.25) is 9.89 Å². The highest BCUT2D eigenvalue weighted by Gasteiger charge is 2.14. The van der Waals surface area contributed by atoms with Crippen LogP contribution in [0.4, 0.5) is 0 Å². The molecule has 1 aromatic carbocycles. The fraction of sp³-hybridized carbons (Fsp3) is 0.125. The largest absolute Gasteiger partial charge is 0.345 e. The zero-order valence-electron chi connectivity index (χ0n) is 13.1. The highest BCUT2D eigenvalue weighted by Crippen LogP contribution is 2.14. The minimum absolute atomic E-state index is 0.259. The van der Waals surface area contributed by atoms with Gasteiger partial charge in [-0.1, -0.05) is 23.4 Å². The number of hydrogen-bond donors (Lipinski definition) is 2. The van der Waals surface area contributed by atoms with Crippen molar-refractivity contribution in [2.45, 2.75) is 13.1 Å². The van der Waals surface area contributed by atoms with Crippen LogP contribution < -0.4 is 5.32 Å². The maximum absolute atomic E-state index is 12.3. The van der Waals surface area contributed by atoms with E-state index in [1.165, 1.54) is 0 Å². The summed E-state index contributed by atoms with van der Waals surface area (Å²) in [4.78, 5) is 12.3. The third-order valence-electron chi connectivity index (χ3n) is 3.69. The Labute approximate surface area is 142 Å². The molecule has 0 radical (unpaired) electrons. The number of fused-ring (bicyclic) bond motifs is 1. The van der Waals surface area contributed by atoms with E-state index in [9.17, 15) is 4.79 Å². The van der Waals surface area contributed by atoms with E-state index in [0.29, 0.717) is 17.9 Å². The molecule has 0 atom stereocenters. The molecular formula is C16H14N8O. The summed E-state index contributed by atoms with van der Waals surface area (Å²) in [7, 11) is 0. The van der Waals surface area contributed by atoms with Gasteiger partial charge in [-0.2, -0.15) is 15.3 Å². The Morgan fingerprint density at radius 2 is 2.12 bits per heavy atom. The van der Waals surface area contributed by atoms with Gasteiger partial charge in [0.05, 0.1) is 31.0 Å². The van der Waals surface area contributed by atoms with Gasteiger partial charge in [-0.15, -0.1) is 5.10 Å². The first kappa shape index (κ1) is 14.9. The number of rotatable bonds is 5. The number of aromatic amines is 1. The lowest BCUT2D eigenvalue weighted by molar-refractivity contribution is 0.0947. The zero-order chi connectivity index (χ0) is 17.1. The van der Waals surface area contributed by atoms with Crippen LogP contribution in [0.1, 0.15) is 21.7 Å². The molecule has 3 aromatic heterocycles. The number of aromatic nitrogens is 7. The van der Waals surface area contributed by atoms with Gasteiger partial charge in [0.1, 0.15) is 5.69 Å². The SMILES string of the molecule is O=C(NCc1cn(Cc2ccnnc2)nn1)c1n[nH]c2ccccc12. The molecule has 25 heavy (non-hydrogen) atoms. The minimum Gasteiger partial charge on any atom is -0.345 e. The summed E-state index contributed by atoms with van der Waals surface area (Å²) in [6.07, 6.45) is 5.08. The second-order valence-corrected chi connectivity index (χ2v) is 5.46. The number of benzene rings is 1. The normalized spacial score (nSPS) is 10.9. The highest BCUT2D eigenvalue weighted by atomic mass is 16.1. The monoisotopic (exact) mass is 334 g/mol. The van der Waals surface area contributed by atoms with E-state index in [1.807, 2.05) is 30.3 Å². The number of hydrogen-bond acceptors (Lipinski definition) is 6. The predicted octanol–water partition coefficient (Wildman–Crippen LogP) is 0.923. The van der Waals surface area contributed by atoms with Crippen molar-refractivity contribution in [3.05, 3.63) is 65.9 Å². The molecular weight excluding hydrogens is 320 g/mol. The summed E-state index contributed by atoms with van der Waals surface area (Å²) in [6, 6.07) is 9.34. The number of carbonyl (C=O) groups is 1. The van der Waals surface area contributed by atoms with Crippen molar-refractivity contribution in [1.29, 1.82) is 0 Å². The van der Waals surface area contributed by atoms with Crippen molar-refractivity contribution in [3.8, 4) is 0 Å².